The van der Waals surface area contributed by atoms with Crippen molar-refractivity contribution >= 4 is 11.6 Å². The Balaban J connectivity index is 2.98. The van der Waals surface area contributed by atoms with Crippen molar-refractivity contribution in [1.29, 1.82) is 0 Å². The summed E-state index contributed by atoms with van der Waals surface area (Å²) < 4.78 is 19.0. The lowest BCUT2D eigenvalue weighted by Gasteiger charge is -2.32. The Kier molecular flexibility index (Phi) is 6.02. The van der Waals surface area contributed by atoms with Gasteiger partial charge in [-0.1, -0.05) is 11.6 Å². The van der Waals surface area contributed by atoms with Crippen LogP contribution >= 0.6 is 11.6 Å². The van der Waals surface area contributed by atoms with Gasteiger partial charge in [0.2, 0.25) is 0 Å². The zero-order valence-electron chi connectivity index (χ0n) is 11.0. The van der Waals surface area contributed by atoms with Crippen LogP contribution in [-0.2, 0) is 4.74 Å². The van der Waals surface area contributed by atoms with Crippen LogP contribution in [-0.4, -0.2) is 38.3 Å². The maximum atomic E-state index is 13.8. The third kappa shape index (κ3) is 3.65. The minimum absolute atomic E-state index is 0.141. The number of hydrogen-bond acceptors (Lipinski definition) is 3. The van der Waals surface area contributed by atoms with Gasteiger partial charge in [-0.25, -0.2) is 4.39 Å². The second-order valence-corrected chi connectivity index (χ2v) is 4.82. The molecule has 1 rings (SSSR count). The zero-order chi connectivity index (χ0) is 13.7. The van der Waals surface area contributed by atoms with Gasteiger partial charge < -0.3 is 10.5 Å². The first kappa shape index (κ1) is 15.4. The molecule has 0 fully saturated rings. The van der Waals surface area contributed by atoms with Gasteiger partial charge in [-0.15, -0.1) is 0 Å². The van der Waals surface area contributed by atoms with Gasteiger partial charge in [0.15, 0.2) is 0 Å². The van der Waals surface area contributed by atoms with Crippen LogP contribution in [0.25, 0.3) is 0 Å². The summed E-state index contributed by atoms with van der Waals surface area (Å²) in [4.78, 5) is 2.00. The third-order valence-electron chi connectivity index (χ3n) is 3.14. The normalized spacial score (nSPS) is 14.8. The van der Waals surface area contributed by atoms with E-state index in [2.05, 4.69) is 0 Å². The summed E-state index contributed by atoms with van der Waals surface area (Å²) in [5, 5.41) is 0.512. The van der Waals surface area contributed by atoms with Crippen LogP contribution in [0.3, 0.4) is 0 Å². The fourth-order valence-electron chi connectivity index (χ4n) is 1.95. The number of hydrogen-bond donors (Lipinski definition) is 1. The SMILES string of the molecule is COCC(C)N(C)C(CN)c1cc(Cl)ccc1F. The van der Waals surface area contributed by atoms with Crippen molar-refractivity contribution in [2.45, 2.75) is 19.0 Å². The highest BCUT2D eigenvalue weighted by molar-refractivity contribution is 6.30. The van der Waals surface area contributed by atoms with E-state index in [0.29, 0.717) is 23.7 Å². The first-order valence-corrected chi connectivity index (χ1v) is 6.25. The van der Waals surface area contributed by atoms with Gasteiger partial charge in [0.1, 0.15) is 5.82 Å². The molecule has 18 heavy (non-hydrogen) atoms. The summed E-state index contributed by atoms with van der Waals surface area (Å²) in [6, 6.07) is 4.46. The average Bonchev–Trinajstić information content (AvgIpc) is 2.34. The lowest BCUT2D eigenvalue weighted by molar-refractivity contribution is 0.0900. The van der Waals surface area contributed by atoms with Gasteiger partial charge in [-0.2, -0.15) is 0 Å². The molecule has 0 saturated heterocycles. The molecule has 0 aliphatic rings. The number of halogens is 2. The minimum atomic E-state index is -0.286. The van der Waals surface area contributed by atoms with E-state index in [9.17, 15) is 4.39 Å². The average molecular weight is 275 g/mol. The first-order valence-electron chi connectivity index (χ1n) is 5.87. The minimum Gasteiger partial charge on any atom is -0.383 e. The molecule has 2 atom stereocenters. The molecule has 102 valence electrons. The topological polar surface area (TPSA) is 38.5 Å². The predicted molar refractivity (Wildman–Crippen MR) is 72.3 cm³/mol. The standard InChI is InChI=1S/C13H20ClFN2O/c1-9(8-18-3)17(2)13(7-16)11-6-10(14)4-5-12(11)15/h4-6,9,13H,7-8,16H2,1-3H3. The number of benzene rings is 1. The number of methoxy groups -OCH3 is 1. The van der Waals surface area contributed by atoms with E-state index >= 15 is 0 Å². The quantitative estimate of drug-likeness (QED) is 0.866. The smallest absolute Gasteiger partial charge is 0.128 e. The third-order valence-corrected chi connectivity index (χ3v) is 3.37. The van der Waals surface area contributed by atoms with Crippen LogP contribution in [0.4, 0.5) is 4.39 Å². The fraction of sp³-hybridized carbons (Fsp3) is 0.538. The second-order valence-electron chi connectivity index (χ2n) is 4.39. The molecule has 0 amide bonds. The maximum Gasteiger partial charge on any atom is 0.128 e. The molecule has 0 aliphatic heterocycles. The van der Waals surface area contributed by atoms with Gasteiger partial charge in [0.05, 0.1) is 12.6 Å². The number of nitrogens with zero attached hydrogens (tertiary/aromatic N) is 1. The molecule has 0 aromatic heterocycles. The molecule has 0 saturated carbocycles. The highest BCUT2D eigenvalue weighted by atomic mass is 35.5. The molecule has 5 heteroatoms. The van der Waals surface area contributed by atoms with Gasteiger partial charge in [0, 0.05) is 30.3 Å². The Morgan fingerprint density at radius 1 is 1.50 bits per heavy atom. The van der Waals surface area contributed by atoms with Gasteiger partial charge in [-0.3, -0.25) is 4.90 Å². The van der Waals surface area contributed by atoms with Gasteiger partial charge >= 0.3 is 0 Å². The van der Waals surface area contributed by atoms with Crippen LogP contribution in [0.15, 0.2) is 18.2 Å². The number of ether oxygens (including phenoxy) is 1. The van der Waals surface area contributed by atoms with Crippen molar-refractivity contribution in [3.8, 4) is 0 Å². The molecule has 1 aromatic rings. The highest BCUT2D eigenvalue weighted by Gasteiger charge is 2.23. The van der Waals surface area contributed by atoms with Crippen LogP contribution in [0.1, 0.15) is 18.5 Å². The number of rotatable bonds is 6. The Morgan fingerprint density at radius 2 is 2.17 bits per heavy atom. The largest absolute Gasteiger partial charge is 0.383 e. The molecule has 0 bridgehead atoms. The van der Waals surface area contributed by atoms with E-state index < -0.39 is 0 Å². The van der Waals surface area contributed by atoms with E-state index in [-0.39, 0.29) is 17.9 Å². The van der Waals surface area contributed by atoms with E-state index in [1.165, 1.54) is 12.1 Å². The molecule has 2 unspecified atom stereocenters. The monoisotopic (exact) mass is 274 g/mol. The lowest BCUT2D eigenvalue weighted by Crippen LogP contribution is -2.39. The first-order chi connectivity index (χ1) is 8.51. The Labute approximate surface area is 113 Å². The molecule has 0 aliphatic carbocycles. The zero-order valence-corrected chi connectivity index (χ0v) is 11.7. The number of nitrogens with two attached hydrogens (primary N) is 1. The predicted octanol–water partition coefficient (Wildman–Crippen LogP) is 2.45. The van der Waals surface area contributed by atoms with Crippen molar-refractivity contribution in [2.75, 3.05) is 27.3 Å². The maximum absolute atomic E-state index is 13.8. The molecule has 0 radical (unpaired) electrons. The van der Waals surface area contributed by atoms with Crippen LogP contribution in [0.5, 0.6) is 0 Å². The summed E-state index contributed by atoms with van der Waals surface area (Å²) >= 11 is 5.91. The summed E-state index contributed by atoms with van der Waals surface area (Å²) in [5.41, 5.74) is 6.29. The molecular formula is C13H20ClFN2O. The van der Waals surface area contributed by atoms with E-state index in [4.69, 9.17) is 22.1 Å². The molecule has 1 aromatic carbocycles. The molecule has 2 N–H and O–H groups in total. The fourth-order valence-corrected chi connectivity index (χ4v) is 2.13. The second kappa shape index (κ2) is 7.04. The van der Waals surface area contributed by atoms with Gasteiger partial charge in [0.25, 0.3) is 0 Å². The van der Waals surface area contributed by atoms with E-state index in [0.717, 1.165) is 0 Å². The summed E-state index contributed by atoms with van der Waals surface area (Å²) in [5.74, 6) is -0.286. The Hall–Kier alpha value is -0.680. The van der Waals surface area contributed by atoms with Crippen molar-refractivity contribution in [1.82, 2.24) is 4.90 Å². The van der Waals surface area contributed by atoms with Crippen molar-refractivity contribution in [3.63, 3.8) is 0 Å². The van der Waals surface area contributed by atoms with Crippen LogP contribution in [0.2, 0.25) is 5.02 Å². The molecular weight excluding hydrogens is 255 g/mol. The van der Waals surface area contributed by atoms with E-state index in [1.54, 1.807) is 13.2 Å². The van der Waals surface area contributed by atoms with Crippen LogP contribution < -0.4 is 5.73 Å². The highest BCUT2D eigenvalue weighted by Crippen LogP contribution is 2.26. The van der Waals surface area contributed by atoms with Crippen molar-refractivity contribution < 1.29 is 9.13 Å². The van der Waals surface area contributed by atoms with Crippen LogP contribution in [0, 0.1) is 5.82 Å². The Morgan fingerprint density at radius 3 is 2.72 bits per heavy atom. The molecule has 3 nitrogen and oxygen atoms in total. The van der Waals surface area contributed by atoms with Crippen molar-refractivity contribution in [2.24, 2.45) is 5.73 Å². The molecule has 0 heterocycles. The van der Waals surface area contributed by atoms with E-state index in [1.807, 2.05) is 18.9 Å². The summed E-state index contributed by atoms with van der Waals surface area (Å²) in [6.45, 7) is 2.89. The molecule has 0 spiro atoms. The van der Waals surface area contributed by atoms with Gasteiger partial charge in [-0.05, 0) is 32.2 Å². The number of likely N-dealkylation sites (N-methyl/N-ethyl adjacent to an activating group) is 1. The lowest BCUT2D eigenvalue weighted by atomic mass is 10.0. The summed E-state index contributed by atoms with van der Waals surface area (Å²) in [7, 11) is 3.54. The Bertz CT molecular complexity index is 389. The summed E-state index contributed by atoms with van der Waals surface area (Å²) in [6.07, 6.45) is 0. The van der Waals surface area contributed by atoms with Crippen molar-refractivity contribution in [3.05, 3.63) is 34.6 Å².